The van der Waals surface area contributed by atoms with Gasteiger partial charge in [-0.2, -0.15) is 0 Å². The van der Waals surface area contributed by atoms with Gasteiger partial charge in [0.25, 0.3) is 0 Å². The Morgan fingerprint density at radius 1 is 1.25 bits per heavy atom. The molecule has 1 aliphatic carbocycles. The first-order chi connectivity index (χ1) is 11.5. The molecule has 3 rings (SSSR count). The monoisotopic (exact) mass is 345 g/mol. The summed E-state index contributed by atoms with van der Waals surface area (Å²) < 4.78 is 1.89. The van der Waals surface area contributed by atoms with Crippen molar-refractivity contribution in [1.82, 2.24) is 25.4 Å². The zero-order valence-corrected chi connectivity index (χ0v) is 14.3. The summed E-state index contributed by atoms with van der Waals surface area (Å²) in [4.78, 5) is 23.8. The third-order valence-electron chi connectivity index (χ3n) is 3.61. The van der Waals surface area contributed by atoms with Crippen molar-refractivity contribution in [3.63, 3.8) is 0 Å². The molecule has 1 aromatic heterocycles. The molecule has 1 aliphatic rings. The Hall–Kier alpha value is -2.35. The predicted octanol–water partition coefficient (Wildman–Crippen LogP) is 2.04. The van der Waals surface area contributed by atoms with Crippen LogP contribution in [-0.4, -0.2) is 38.0 Å². The fraction of sp³-hybridized carbons (Fsp3) is 0.375. The summed E-state index contributed by atoms with van der Waals surface area (Å²) in [6.45, 7) is 3.60. The number of aryl methyl sites for hydroxylation is 1. The number of hydrogen-bond donors (Lipinski definition) is 2. The molecule has 0 aliphatic heterocycles. The second kappa shape index (κ2) is 7.04. The van der Waals surface area contributed by atoms with E-state index in [1.807, 2.05) is 41.8 Å². The summed E-state index contributed by atoms with van der Waals surface area (Å²) in [5.41, 5.74) is 0.932. The van der Waals surface area contributed by atoms with Gasteiger partial charge in [0.1, 0.15) is 5.82 Å². The van der Waals surface area contributed by atoms with E-state index >= 15 is 0 Å². The average molecular weight is 345 g/mol. The van der Waals surface area contributed by atoms with Crippen LogP contribution in [0.3, 0.4) is 0 Å². The summed E-state index contributed by atoms with van der Waals surface area (Å²) in [6.07, 6.45) is 1.96. The van der Waals surface area contributed by atoms with E-state index in [1.54, 1.807) is 6.92 Å². The number of amides is 3. The van der Waals surface area contributed by atoms with E-state index in [0.717, 1.165) is 24.4 Å². The average Bonchev–Trinajstić information content (AvgIpc) is 3.30. The molecule has 8 heteroatoms. The van der Waals surface area contributed by atoms with Crippen LogP contribution in [0, 0.1) is 6.92 Å². The Kier molecular flexibility index (Phi) is 4.84. The molecule has 0 saturated heterocycles. The van der Waals surface area contributed by atoms with Crippen LogP contribution in [0.2, 0.25) is 0 Å². The molecular formula is C16H19N5O2S. The SMILES string of the molecule is Cc1nnc(SC(C)C(=O)NC(=O)NC2CC2)n1-c1ccccc1. The van der Waals surface area contributed by atoms with Crippen molar-refractivity contribution >= 4 is 23.7 Å². The Labute approximate surface area is 144 Å². The van der Waals surface area contributed by atoms with Crippen molar-refractivity contribution in [2.75, 3.05) is 0 Å². The number of nitrogens with zero attached hydrogens (tertiary/aromatic N) is 3. The Balaban J connectivity index is 1.67. The molecule has 126 valence electrons. The van der Waals surface area contributed by atoms with Gasteiger partial charge in [-0.1, -0.05) is 30.0 Å². The lowest BCUT2D eigenvalue weighted by Gasteiger charge is -2.13. The fourth-order valence-corrected chi connectivity index (χ4v) is 3.08. The Morgan fingerprint density at radius 3 is 2.62 bits per heavy atom. The maximum absolute atomic E-state index is 12.2. The van der Waals surface area contributed by atoms with Crippen LogP contribution in [0.1, 0.15) is 25.6 Å². The van der Waals surface area contributed by atoms with Crippen LogP contribution < -0.4 is 10.6 Å². The first kappa shape index (κ1) is 16.5. The van der Waals surface area contributed by atoms with Crippen molar-refractivity contribution in [2.24, 2.45) is 0 Å². The maximum Gasteiger partial charge on any atom is 0.321 e. The standard InChI is InChI=1S/C16H19N5O2S/c1-10(14(22)18-15(23)17-12-8-9-12)24-16-20-19-11(2)21(16)13-6-4-3-5-7-13/h3-7,10,12H,8-9H2,1-2H3,(H2,17,18,22,23). The molecule has 1 atom stereocenters. The number of imide groups is 1. The van der Waals surface area contributed by atoms with Gasteiger partial charge < -0.3 is 5.32 Å². The van der Waals surface area contributed by atoms with Gasteiger partial charge in [-0.05, 0) is 38.8 Å². The van der Waals surface area contributed by atoms with Gasteiger partial charge in [0.2, 0.25) is 5.91 Å². The molecule has 3 amide bonds. The second-order valence-electron chi connectivity index (χ2n) is 5.70. The number of aromatic nitrogens is 3. The summed E-state index contributed by atoms with van der Waals surface area (Å²) in [5, 5.41) is 13.5. The third kappa shape index (κ3) is 3.94. The molecule has 0 bridgehead atoms. The lowest BCUT2D eigenvalue weighted by atomic mass is 10.3. The third-order valence-corrected chi connectivity index (χ3v) is 4.65. The fourth-order valence-electron chi connectivity index (χ4n) is 2.17. The number of benzene rings is 1. The molecule has 2 aromatic rings. The number of para-hydroxylation sites is 1. The molecule has 0 spiro atoms. The Bertz CT molecular complexity index is 742. The van der Waals surface area contributed by atoms with E-state index in [9.17, 15) is 9.59 Å². The lowest BCUT2D eigenvalue weighted by molar-refractivity contribution is -0.119. The van der Waals surface area contributed by atoms with Crippen molar-refractivity contribution in [3.05, 3.63) is 36.2 Å². The van der Waals surface area contributed by atoms with Gasteiger partial charge in [-0.25, -0.2) is 4.79 Å². The molecule has 1 unspecified atom stereocenters. The molecular weight excluding hydrogens is 326 g/mol. The van der Waals surface area contributed by atoms with Crippen LogP contribution in [0.5, 0.6) is 0 Å². The zero-order chi connectivity index (χ0) is 17.1. The van der Waals surface area contributed by atoms with Gasteiger partial charge in [0, 0.05) is 11.7 Å². The van der Waals surface area contributed by atoms with E-state index in [1.165, 1.54) is 11.8 Å². The highest BCUT2D eigenvalue weighted by atomic mass is 32.2. The molecule has 2 N–H and O–H groups in total. The summed E-state index contributed by atoms with van der Waals surface area (Å²) >= 11 is 1.27. The van der Waals surface area contributed by atoms with E-state index in [2.05, 4.69) is 20.8 Å². The largest absolute Gasteiger partial charge is 0.335 e. The van der Waals surface area contributed by atoms with Crippen molar-refractivity contribution in [2.45, 2.75) is 43.1 Å². The number of thioether (sulfide) groups is 1. The van der Waals surface area contributed by atoms with E-state index < -0.39 is 11.3 Å². The van der Waals surface area contributed by atoms with Gasteiger partial charge in [0.15, 0.2) is 5.16 Å². The molecule has 7 nitrogen and oxygen atoms in total. The number of carbonyl (C=O) groups excluding carboxylic acids is 2. The normalized spacial score (nSPS) is 14.9. The van der Waals surface area contributed by atoms with Gasteiger partial charge in [-0.3, -0.25) is 14.7 Å². The number of carbonyl (C=O) groups is 2. The quantitative estimate of drug-likeness (QED) is 0.810. The van der Waals surface area contributed by atoms with E-state index in [0.29, 0.717) is 5.16 Å². The van der Waals surface area contributed by atoms with E-state index in [-0.39, 0.29) is 11.9 Å². The molecule has 24 heavy (non-hydrogen) atoms. The number of rotatable bonds is 5. The van der Waals surface area contributed by atoms with Gasteiger partial charge in [-0.15, -0.1) is 10.2 Å². The minimum Gasteiger partial charge on any atom is -0.335 e. The number of urea groups is 1. The summed E-state index contributed by atoms with van der Waals surface area (Å²) in [6, 6.07) is 9.48. The van der Waals surface area contributed by atoms with Crippen LogP contribution in [0.15, 0.2) is 35.5 Å². The van der Waals surface area contributed by atoms with Crippen LogP contribution in [-0.2, 0) is 4.79 Å². The first-order valence-corrected chi connectivity index (χ1v) is 8.68. The minimum atomic E-state index is -0.471. The molecule has 0 radical (unpaired) electrons. The second-order valence-corrected chi connectivity index (χ2v) is 7.01. The molecule has 1 aromatic carbocycles. The van der Waals surface area contributed by atoms with Crippen molar-refractivity contribution < 1.29 is 9.59 Å². The van der Waals surface area contributed by atoms with E-state index in [4.69, 9.17) is 0 Å². The highest BCUT2D eigenvalue weighted by Crippen LogP contribution is 2.25. The smallest absolute Gasteiger partial charge is 0.321 e. The summed E-state index contributed by atoms with van der Waals surface area (Å²) in [5.74, 6) is 0.390. The highest BCUT2D eigenvalue weighted by Gasteiger charge is 2.26. The van der Waals surface area contributed by atoms with Crippen molar-refractivity contribution in [1.29, 1.82) is 0 Å². The maximum atomic E-state index is 12.2. The first-order valence-electron chi connectivity index (χ1n) is 7.80. The number of hydrogen-bond acceptors (Lipinski definition) is 5. The topological polar surface area (TPSA) is 88.9 Å². The van der Waals surface area contributed by atoms with Gasteiger partial charge >= 0.3 is 6.03 Å². The van der Waals surface area contributed by atoms with Crippen LogP contribution >= 0.6 is 11.8 Å². The molecule has 1 saturated carbocycles. The minimum absolute atomic E-state index is 0.213. The van der Waals surface area contributed by atoms with Gasteiger partial charge in [0.05, 0.1) is 5.25 Å². The zero-order valence-electron chi connectivity index (χ0n) is 13.5. The Morgan fingerprint density at radius 2 is 1.96 bits per heavy atom. The predicted molar refractivity (Wildman–Crippen MR) is 91.1 cm³/mol. The van der Waals surface area contributed by atoms with Crippen LogP contribution in [0.4, 0.5) is 4.79 Å². The summed E-state index contributed by atoms with van der Waals surface area (Å²) in [7, 11) is 0. The van der Waals surface area contributed by atoms with Crippen LogP contribution in [0.25, 0.3) is 5.69 Å². The lowest BCUT2D eigenvalue weighted by Crippen LogP contribution is -2.43. The number of nitrogens with one attached hydrogen (secondary N) is 2. The molecule has 1 heterocycles. The highest BCUT2D eigenvalue weighted by molar-refractivity contribution is 8.00. The molecule has 1 fully saturated rings. The van der Waals surface area contributed by atoms with Crippen molar-refractivity contribution in [3.8, 4) is 5.69 Å².